The van der Waals surface area contributed by atoms with Crippen LogP contribution in [0.1, 0.15) is 27.7 Å². The van der Waals surface area contributed by atoms with Gasteiger partial charge in [-0.2, -0.15) is 0 Å². The molecule has 0 aliphatic heterocycles. The minimum absolute atomic E-state index is 0. The predicted octanol–water partition coefficient (Wildman–Crippen LogP) is 1.30. The summed E-state index contributed by atoms with van der Waals surface area (Å²) in [6.45, 7) is 12.5. The van der Waals surface area contributed by atoms with Crippen LogP contribution in [0.4, 0.5) is 0 Å². The molecule has 0 radical (unpaired) electrons. The zero-order chi connectivity index (χ0) is 11.7. The third-order valence-electron chi connectivity index (χ3n) is 0. The Morgan fingerprint density at radius 3 is 0.786 bits per heavy atom. The van der Waals surface area contributed by atoms with Crippen molar-refractivity contribution in [2.45, 2.75) is 39.9 Å². The number of hydrogen-bond donors (Lipinski definition) is 3. The maximum absolute atomic E-state index is 8.66. The second-order valence-corrected chi connectivity index (χ2v) is 8.70. The Morgan fingerprint density at radius 2 is 0.786 bits per heavy atom. The monoisotopic (exact) mass is 262 g/mol. The molecule has 0 spiro atoms. The SMILES string of the molecule is CC(C)O.CC(C)O.C[PH](C)(C)O.[Ti]. The van der Waals surface area contributed by atoms with Gasteiger partial charge in [-0.05, 0) is 27.7 Å². The van der Waals surface area contributed by atoms with Crippen LogP contribution in [-0.2, 0) is 21.7 Å². The van der Waals surface area contributed by atoms with E-state index >= 15 is 0 Å². The number of aliphatic hydroxyl groups is 2. The van der Waals surface area contributed by atoms with Gasteiger partial charge in [0, 0.05) is 33.9 Å². The summed E-state index contributed by atoms with van der Waals surface area (Å²) in [5.74, 6) is 0. The molecule has 0 aliphatic rings. The van der Waals surface area contributed by atoms with E-state index in [4.69, 9.17) is 15.1 Å². The van der Waals surface area contributed by atoms with E-state index in [1.54, 1.807) is 27.7 Å². The molecule has 0 fully saturated rings. The molecular formula is C9H27O3PTi. The zero-order valence-electron chi connectivity index (χ0n) is 10.5. The Balaban J connectivity index is -0.0000000522. The third kappa shape index (κ3) is 1790. The third-order valence-corrected chi connectivity index (χ3v) is 0. The Bertz CT molecular complexity index is 75.0. The summed E-state index contributed by atoms with van der Waals surface area (Å²) >= 11 is 0. The zero-order valence-corrected chi connectivity index (χ0v) is 13.1. The molecule has 90 valence electrons. The van der Waals surface area contributed by atoms with Crippen molar-refractivity contribution < 1.29 is 36.8 Å². The smallest absolute Gasteiger partial charge is 0 e. The molecule has 0 saturated heterocycles. The van der Waals surface area contributed by atoms with Crippen molar-refractivity contribution in [3.8, 4) is 0 Å². The Hall–Kier alpha value is 1.02. The molecule has 0 aromatic carbocycles. The van der Waals surface area contributed by atoms with Gasteiger partial charge < -0.3 is 10.2 Å². The van der Waals surface area contributed by atoms with Gasteiger partial charge in [-0.1, -0.05) is 0 Å². The summed E-state index contributed by atoms with van der Waals surface area (Å²) in [7, 11) is -1.61. The maximum atomic E-state index is 8.66. The average molecular weight is 262 g/mol. The van der Waals surface area contributed by atoms with E-state index in [0.29, 0.717) is 0 Å². The first kappa shape index (κ1) is 24.3. The van der Waals surface area contributed by atoms with Gasteiger partial charge in [0.15, 0.2) is 0 Å². The molecule has 3 N–H and O–H groups in total. The van der Waals surface area contributed by atoms with Crippen LogP contribution in [0.3, 0.4) is 0 Å². The van der Waals surface area contributed by atoms with Crippen LogP contribution in [0, 0.1) is 0 Å². The molecule has 0 unspecified atom stereocenters. The molecule has 14 heavy (non-hydrogen) atoms. The van der Waals surface area contributed by atoms with E-state index < -0.39 is 7.49 Å². The molecule has 0 heterocycles. The van der Waals surface area contributed by atoms with Crippen LogP contribution in [0.5, 0.6) is 0 Å². The summed E-state index contributed by atoms with van der Waals surface area (Å²) in [6, 6.07) is 0. The van der Waals surface area contributed by atoms with Crippen LogP contribution in [-0.4, -0.2) is 47.3 Å². The second-order valence-electron chi connectivity index (χ2n) is 4.36. The molecule has 5 heteroatoms. The van der Waals surface area contributed by atoms with Crippen molar-refractivity contribution in [1.29, 1.82) is 0 Å². The molecule has 0 aromatic heterocycles. The summed E-state index contributed by atoms with van der Waals surface area (Å²) in [4.78, 5) is 8.66. The number of aliphatic hydroxyl groups excluding tert-OH is 2. The molecule has 0 atom stereocenters. The first-order valence-corrected chi connectivity index (χ1v) is 8.00. The van der Waals surface area contributed by atoms with Crippen molar-refractivity contribution in [2.24, 2.45) is 0 Å². The first-order chi connectivity index (χ1) is 5.46. The topological polar surface area (TPSA) is 60.7 Å². The minimum atomic E-state index is -1.61. The van der Waals surface area contributed by atoms with E-state index in [9.17, 15) is 0 Å². The van der Waals surface area contributed by atoms with Crippen LogP contribution in [0.25, 0.3) is 0 Å². The molecule has 0 bridgehead atoms. The molecule has 0 aromatic rings. The molecule has 3 nitrogen and oxygen atoms in total. The van der Waals surface area contributed by atoms with Gasteiger partial charge in [0.25, 0.3) is 0 Å². The van der Waals surface area contributed by atoms with Gasteiger partial charge in [-0.3, -0.25) is 0 Å². The van der Waals surface area contributed by atoms with Crippen LogP contribution in [0.15, 0.2) is 0 Å². The van der Waals surface area contributed by atoms with Crippen LogP contribution < -0.4 is 0 Å². The minimum Gasteiger partial charge on any atom is 0 e. The Morgan fingerprint density at radius 1 is 0.786 bits per heavy atom. The standard InChI is InChI=1S/C3H11OP.2C3H8O.Ti/c1-5(2,3)4;2*1-3(2)4;/h4-5H,1-3H3;2*3-4H,1-2H3;. The summed E-state index contributed by atoms with van der Waals surface area (Å²) in [5.41, 5.74) is 0. The van der Waals surface area contributed by atoms with Gasteiger partial charge in [0.05, 0.1) is 0 Å². The number of rotatable bonds is 0. The maximum Gasteiger partial charge on any atom is 0 e. The predicted molar refractivity (Wildman–Crippen MR) is 63.0 cm³/mol. The number of hydrogen-bond acceptors (Lipinski definition) is 3. The molecule has 0 amide bonds. The quantitative estimate of drug-likeness (QED) is 0.455. The van der Waals surface area contributed by atoms with E-state index in [1.165, 1.54) is 0 Å². The molecule has 0 aliphatic carbocycles. The summed E-state index contributed by atoms with van der Waals surface area (Å²) in [6.07, 6.45) is -0.333. The Kier molecular flexibility index (Phi) is 24.4. The van der Waals surface area contributed by atoms with Crippen molar-refractivity contribution in [1.82, 2.24) is 0 Å². The van der Waals surface area contributed by atoms with E-state index in [2.05, 4.69) is 0 Å². The fraction of sp³-hybridized carbons (Fsp3) is 1.00. The van der Waals surface area contributed by atoms with Gasteiger partial charge >= 0.3 is 32.4 Å². The molecular weight excluding hydrogens is 235 g/mol. The van der Waals surface area contributed by atoms with E-state index in [-0.39, 0.29) is 33.9 Å². The first-order valence-electron chi connectivity index (χ1n) is 4.55. The van der Waals surface area contributed by atoms with Crippen molar-refractivity contribution >= 4 is 7.49 Å². The van der Waals surface area contributed by atoms with Gasteiger partial charge in [0.1, 0.15) is 0 Å². The van der Waals surface area contributed by atoms with Gasteiger partial charge in [0.2, 0.25) is 0 Å². The van der Waals surface area contributed by atoms with Crippen molar-refractivity contribution in [3.05, 3.63) is 0 Å². The largest absolute Gasteiger partial charge is 0 e. The summed E-state index contributed by atoms with van der Waals surface area (Å²) < 4.78 is 0. The molecule has 0 rings (SSSR count). The van der Waals surface area contributed by atoms with Crippen LogP contribution >= 0.6 is 7.49 Å². The van der Waals surface area contributed by atoms with Gasteiger partial charge in [-0.25, -0.2) is 0 Å². The van der Waals surface area contributed by atoms with Crippen molar-refractivity contribution in [3.63, 3.8) is 0 Å². The van der Waals surface area contributed by atoms with E-state index in [1.807, 2.05) is 20.0 Å². The summed E-state index contributed by atoms with van der Waals surface area (Å²) in [5, 5.41) is 16.1. The van der Waals surface area contributed by atoms with Crippen LogP contribution in [0.2, 0.25) is 0 Å². The average Bonchev–Trinajstić information content (AvgIpc) is 1.50. The normalized spacial score (nSPS) is 10.6. The second kappa shape index (κ2) is 14.0. The fourth-order valence-corrected chi connectivity index (χ4v) is 0. The van der Waals surface area contributed by atoms with Crippen molar-refractivity contribution in [2.75, 3.05) is 20.0 Å². The Labute approximate surface area is 104 Å². The van der Waals surface area contributed by atoms with E-state index in [0.717, 1.165) is 0 Å². The van der Waals surface area contributed by atoms with Gasteiger partial charge in [-0.15, -0.1) is 0 Å². The fourth-order valence-electron chi connectivity index (χ4n) is 0. The molecule has 0 saturated carbocycles.